The summed E-state index contributed by atoms with van der Waals surface area (Å²) in [5, 5.41) is 3.45. The van der Waals surface area contributed by atoms with E-state index in [1.807, 2.05) is 0 Å². The summed E-state index contributed by atoms with van der Waals surface area (Å²) in [6.07, 6.45) is 3.72. The van der Waals surface area contributed by atoms with Gasteiger partial charge < -0.3 is 5.32 Å². The molecule has 0 fully saturated rings. The number of benzene rings is 2. The molecular weight excluding hydrogens is 254 g/mol. The van der Waals surface area contributed by atoms with Gasteiger partial charge >= 0.3 is 0 Å². The molecule has 1 unspecified atom stereocenters. The molecule has 0 saturated carbocycles. The van der Waals surface area contributed by atoms with Gasteiger partial charge in [-0.1, -0.05) is 68.8 Å². The van der Waals surface area contributed by atoms with E-state index < -0.39 is 0 Å². The van der Waals surface area contributed by atoms with Crippen molar-refractivity contribution < 1.29 is 0 Å². The molecule has 1 atom stereocenters. The van der Waals surface area contributed by atoms with E-state index in [4.69, 9.17) is 0 Å². The fourth-order valence-electron chi connectivity index (χ4n) is 2.63. The highest BCUT2D eigenvalue weighted by Crippen LogP contribution is 2.22. The Morgan fingerprint density at radius 3 is 1.95 bits per heavy atom. The van der Waals surface area contributed by atoms with E-state index in [1.165, 1.54) is 41.5 Å². The van der Waals surface area contributed by atoms with Crippen LogP contribution in [0, 0.1) is 0 Å². The first-order valence-corrected chi connectivity index (χ1v) is 8.17. The van der Waals surface area contributed by atoms with Crippen LogP contribution >= 0.6 is 0 Å². The Balaban J connectivity index is 2.07. The molecule has 0 aliphatic rings. The smallest absolute Gasteiger partial charge is 0.0291 e. The molecule has 0 bridgehead atoms. The highest BCUT2D eigenvalue weighted by Gasteiger charge is 2.04. The molecule has 0 aromatic heterocycles. The fourth-order valence-corrected chi connectivity index (χ4v) is 2.63. The maximum Gasteiger partial charge on any atom is 0.0291 e. The van der Waals surface area contributed by atoms with Crippen LogP contribution in [0.4, 0.5) is 0 Å². The highest BCUT2D eigenvalue weighted by atomic mass is 14.9. The molecule has 0 radical (unpaired) electrons. The van der Waals surface area contributed by atoms with Gasteiger partial charge in [0, 0.05) is 6.04 Å². The zero-order valence-corrected chi connectivity index (χ0v) is 13.5. The Morgan fingerprint density at radius 2 is 1.43 bits per heavy atom. The van der Waals surface area contributed by atoms with Gasteiger partial charge in [-0.3, -0.25) is 0 Å². The number of nitrogens with one attached hydrogen (secondary N) is 1. The van der Waals surface area contributed by atoms with E-state index in [-0.39, 0.29) is 0 Å². The number of aryl methyl sites for hydroxylation is 1. The summed E-state index contributed by atoms with van der Waals surface area (Å²) in [5.41, 5.74) is 5.39. The van der Waals surface area contributed by atoms with Crippen molar-refractivity contribution >= 4 is 0 Å². The summed E-state index contributed by atoms with van der Waals surface area (Å²) in [7, 11) is 0. The molecule has 21 heavy (non-hydrogen) atoms. The normalized spacial score (nSPS) is 12.3. The van der Waals surface area contributed by atoms with Gasteiger partial charge in [-0.25, -0.2) is 0 Å². The van der Waals surface area contributed by atoms with E-state index in [0.29, 0.717) is 6.04 Å². The summed E-state index contributed by atoms with van der Waals surface area (Å²) >= 11 is 0. The Kier molecular flexibility index (Phi) is 6.01. The van der Waals surface area contributed by atoms with Crippen molar-refractivity contribution in [2.45, 2.75) is 46.1 Å². The average Bonchev–Trinajstić information content (AvgIpc) is 2.54. The van der Waals surface area contributed by atoms with Gasteiger partial charge in [-0.05, 0) is 48.6 Å². The summed E-state index contributed by atoms with van der Waals surface area (Å²) in [6.45, 7) is 7.60. The Morgan fingerprint density at radius 1 is 0.857 bits per heavy atom. The molecule has 2 aromatic rings. The minimum Gasteiger partial charge on any atom is -0.310 e. The number of hydrogen-bond acceptors (Lipinski definition) is 1. The van der Waals surface area contributed by atoms with Crippen LogP contribution in [0.1, 0.15) is 50.8 Å². The molecule has 1 nitrogen and oxygen atoms in total. The van der Waals surface area contributed by atoms with Crippen LogP contribution in [0.2, 0.25) is 0 Å². The molecule has 0 aliphatic heterocycles. The van der Waals surface area contributed by atoms with Crippen molar-refractivity contribution in [1.82, 2.24) is 5.32 Å². The maximum absolute atomic E-state index is 3.45. The molecular formula is C20H27N. The third-order valence-corrected chi connectivity index (χ3v) is 4.03. The van der Waals surface area contributed by atoms with Gasteiger partial charge in [-0.2, -0.15) is 0 Å². The van der Waals surface area contributed by atoms with Crippen LogP contribution in [0.15, 0.2) is 48.5 Å². The highest BCUT2D eigenvalue weighted by molar-refractivity contribution is 5.64. The lowest BCUT2D eigenvalue weighted by Gasteiger charge is -2.13. The second-order valence-electron chi connectivity index (χ2n) is 5.70. The minimum atomic E-state index is 0.417. The monoisotopic (exact) mass is 281 g/mol. The molecule has 0 heterocycles. The van der Waals surface area contributed by atoms with Crippen LogP contribution in [-0.2, 0) is 6.42 Å². The molecule has 2 aromatic carbocycles. The van der Waals surface area contributed by atoms with Crippen molar-refractivity contribution in [1.29, 1.82) is 0 Å². The summed E-state index contributed by atoms with van der Waals surface area (Å²) < 4.78 is 0. The largest absolute Gasteiger partial charge is 0.310 e. The summed E-state index contributed by atoms with van der Waals surface area (Å²) in [6, 6.07) is 18.3. The topological polar surface area (TPSA) is 12.0 Å². The second kappa shape index (κ2) is 7.99. The molecule has 1 N–H and O–H groups in total. The van der Waals surface area contributed by atoms with E-state index in [2.05, 4.69) is 74.6 Å². The zero-order chi connectivity index (χ0) is 15.1. The van der Waals surface area contributed by atoms with E-state index >= 15 is 0 Å². The Hall–Kier alpha value is -1.60. The van der Waals surface area contributed by atoms with Crippen LogP contribution in [0.25, 0.3) is 11.1 Å². The van der Waals surface area contributed by atoms with Crippen molar-refractivity contribution in [3.63, 3.8) is 0 Å². The predicted octanol–water partition coefficient (Wildman–Crippen LogP) is 5.37. The molecule has 2 rings (SSSR count). The van der Waals surface area contributed by atoms with E-state index in [9.17, 15) is 0 Å². The maximum atomic E-state index is 3.45. The number of rotatable bonds is 7. The Labute approximate surface area is 129 Å². The molecule has 0 amide bonds. The Bertz CT molecular complexity index is 525. The van der Waals surface area contributed by atoms with Crippen LogP contribution < -0.4 is 5.32 Å². The standard InChI is InChI=1S/C20H27N/c1-4-6-7-17-8-10-19(11-9-17)20-14-12-18(13-15-20)16(3)21-5-2/h8-16,21H,4-7H2,1-3H3. The lowest BCUT2D eigenvalue weighted by atomic mass is 9.99. The lowest BCUT2D eigenvalue weighted by molar-refractivity contribution is 0.598. The lowest BCUT2D eigenvalue weighted by Crippen LogP contribution is -2.17. The second-order valence-corrected chi connectivity index (χ2v) is 5.70. The summed E-state index contributed by atoms with van der Waals surface area (Å²) in [4.78, 5) is 0. The van der Waals surface area contributed by atoms with Crippen LogP contribution in [0.5, 0.6) is 0 Å². The molecule has 0 aliphatic carbocycles. The van der Waals surface area contributed by atoms with Gasteiger partial charge in [0.1, 0.15) is 0 Å². The predicted molar refractivity (Wildman–Crippen MR) is 92.6 cm³/mol. The molecule has 1 heteroatoms. The summed E-state index contributed by atoms with van der Waals surface area (Å²) in [5.74, 6) is 0. The quantitative estimate of drug-likeness (QED) is 0.719. The van der Waals surface area contributed by atoms with Gasteiger partial charge in [-0.15, -0.1) is 0 Å². The first-order valence-electron chi connectivity index (χ1n) is 8.17. The van der Waals surface area contributed by atoms with Gasteiger partial charge in [0.2, 0.25) is 0 Å². The van der Waals surface area contributed by atoms with E-state index in [1.54, 1.807) is 0 Å². The van der Waals surface area contributed by atoms with E-state index in [0.717, 1.165) is 6.54 Å². The van der Waals surface area contributed by atoms with Crippen LogP contribution in [-0.4, -0.2) is 6.54 Å². The zero-order valence-electron chi connectivity index (χ0n) is 13.5. The van der Waals surface area contributed by atoms with Crippen molar-refractivity contribution in [2.75, 3.05) is 6.54 Å². The SMILES string of the molecule is CCCCc1ccc(-c2ccc(C(C)NCC)cc2)cc1. The third-order valence-electron chi connectivity index (χ3n) is 4.03. The molecule has 112 valence electrons. The minimum absolute atomic E-state index is 0.417. The first kappa shape index (κ1) is 15.8. The van der Waals surface area contributed by atoms with Crippen LogP contribution in [0.3, 0.4) is 0 Å². The van der Waals surface area contributed by atoms with Crippen molar-refractivity contribution in [2.24, 2.45) is 0 Å². The molecule has 0 saturated heterocycles. The molecule has 0 spiro atoms. The first-order chi connectivity index (χ1) is 10.2. The number of hydrogen-bond donors (Lipinski definition) is 1. The average molecular weight is 281 g/mol. The van der Waals surface area contributed by atoms with Gasteiger partial charge in [0.15, 0.2) is 0 Å². The fraction of sp³-hybridized carbons (Fsp3) is 0.400. The third kappa shape index (κ3) is 4.44. The van der Waals surface area contributed by atoms with Gasteiger partial charge in [0.05, 0.1) is 0 Å². The van der Waals surface area contributed by atoms with Gasteiger partial charge in [0.25, 0.3) is 0 Å². The van der Waals surface area contributed by atoms with Crippen molar-refractivity contribution in [3.05, 3.63) is 59.7 Å². The number of unbranched alkanes of at least 4 members (excludes halogenated alkanes) is 1. The van der Waals surface area contributed by atoms with Crippen molar-refractivity contribution in [3.8, 4) is 11.1 Å².